The highest BCUT2D eigenvalue weighted by molar-refractivity contribution is 5.85. The minimum absolute atomic E-state index is 0.219. The van der Waals surface area contributed by atoms with Gasteiger partial charge in [0.2, 0.25) is 0 Å². The number of benzene rings is 2. The van der Waals surface area contributed by atoms with Gasteiger partial charge in [0.15, 0.2) is 6.29 Å². The van der Waals surface area contributed by atoms with Crippen molar-refractivity contribution < 1.29 is 9.53 Å². The van der Waals surface area contributed by atoms with Gasteiger partial charge in [-0.15, -0.1) is 0 Å². The third-order valence-electron chi connectivity index (χ3n) is 3.83. The van der Waals surface area contributed by atoms with Crippen LogP contribution < -0.4 is 4.74 Å². The van der Waals surface area contributed by atoms with Crippen LogP contribution in [0, 0.1) is 0 Å². The molecule has 0 aliphatic rings. The van der Waals surface area contributed by atoms with Crippen molar-refractivity contribution in [1.29, 1.82) is 0 Å². The third-order valence-corrected chi connectivity index (χ3v) is 3.83. The average molecular weight is 320 g/mol. The van der Waals surface area contributed by atoms with Crippen molar-refractivity contribution in [3.63, 3.8) is 0 Å². The number of aldehydes is 1. The van der Waals surface area contributed by atoms with Crippen molar-refractivity contribution >= 4 is 6.29 Å². The molecule has 0 aliphatic carbocycles. The Labute approximate surface area is 141 Å². The molecule has 0 unspecified atom stereocenters. The van der Waals surface area contributed by atoms with Gasteiger partial charge in [-0.1, -0.05) is 36.4 Å². The van der Waals surface area contributed by atoms with Gasteiger partial charge >= 0.3 is 0 Å². The molecule has 24 heavy (non-hydrogen) atoms. The molecule has 0 fully saturated rings. The maximum atomic E-state index is 11.5. The van der Waals surface area contributed by atoms with E-state index >= 15 is 0 Å². The summed E-state index contributed by atoms with van der Waals surface area (Å²) in [6, 6.07) is 17.7. The molecule has 0 radical (unpaired) electrons. The van der Waals surface area contributed by atoms with Crippen LogP contribution in [0.5, 0.6) is 5.75 Å². The first-order valence-corrected chi connectivity index (χ1v) is 7.99. The first kappa shape index (κ1) is 16.0. The Morgan fingerprint density at radius 1 is 1.08 bits per heavy atom. The fraction of sp³-hybridized carbons (Fsp3) is 0.200. The van der Waals surface area contributed by atoms with Crippen molar-refractivity contribution in [2.75, 3.05) is 0 Å². The smallest absolute Gasteiger partial charge is 0.153 e. The van der Waals surface area contributed by atoms with E-state index in [1.165, 1.54) is 0 Å². The highest BCUT2D eigenvalue weighted by Crippen LogP contribution is 2.34. The normalized spacial score (nSPS) is 10.8. The molecule has 1 heterocycles. The third kappa shape index (κ3) is 3.23. The number of rotatable bonds is 6. The van der Waals surface area contributed by atoms with Gasteiger partial charge in [0.1, 0.15) is 12.4 Å². The summed E-state index contributed by atoms with van der Waals surface area (Å²) >= 11 is 0. The summed E-state index contributed by atoms with van der Waals surface area (Å²) in [6.07, 6.45) is 2.60. The molecule has 0 saturated heterocycles. The van der Waals surface area contributed by atoms with Gasteiger partial charge in [0.05, 0.1) is 11.3 Å². The van der Waals surface area contributed by atoms with E-state index in [1.54, 1.807) is 12.3 Å². The summed E-state index contributed by atoms with van der Waals surface area (Å²) in [5.41, 5.74) is 3.42. The summed E-state index contributed by atoms with van der Waals surface area (Å²) in [4.78, 5) is 11.5. The molecule has 0 amide bonds. The molecule has 3 aromatic rings. The van der Waals surface area contributed by atoms with Gasteiger partial charge in [-0.3, -0.25) is 9.48 Å². The molecule has 0 spiro atoms. The van der Waals surface area contributed by atoms with Crippen LogP contribution in [0.3, 0.4) is 0 Å². The van der Waals surface area contributed by atoms with E-state index in [1.807, 2.05) is 53.2 Å². The van der Waals surface area contributed by atoms with E-state index in [0.29, 0.717) is 17.9 Å². The first-order chi connectivity index (χ1) is 11.7. The second-order valence-electron chi connectivity index (χ2n) is 5.87. The van der Waals surface area contributed by atoms with Gasteiger partial charge in [0.25, 0.3) is 0 Å². The molecular weight excluding hydrogens is 300 g/mol. The quantitative estimate of drug-likeness (QED) is 0.627. The second-order valence-corrected chi connectivity index (χ2v) is 5.87. The van der Waals surface area contributed by atoms with Crippen LogP contribution in [-0.2, 0) is 6.61 Å². The predicted molar refractivity (Wildman–Crippen MR) is 94.2 cm³/mol. The molecule has 0 bridgehead atoms. The van der Waals surface area contributed by atoms with Gasteiger partial charge in [-0.05, 0) is 37.6 Å². The molecule has 122 valence electrons. The van der Waals surface area contributed by atoms with E-state index in [4.69, 9.17) is 4.74 Å². The van der Waals surface area contributed by atoms with Crippen molar-refractivity contribution in [1.82, 2.24) is 9.78 Å². The Morgan fingerprint density at radius 2 is 1.88 bits per heavy atom. The zero-order valence-electron chi connectivity index (χ0n) is 13.8. The fourth-order valence-electron chi connectivity index (χ4n) is 2.68. The number of para-hydroxylation sites is 1. The average Bonchev–Trinajstić information content (AvgIpc) is 3.10. The molecule has 0 saturated carbocycles. The monoisotopic (exact) mass is 320 g/mol. The predicted octanol–water partition coefficient (Wildman–Crippen LogP) is 4.52. The zero-order chi connectivity index (χ0) is 16.9. The lowest BCUT2D eigenvalue weighted by Gasteiger charge is -2.16. The minimum atomic E-state index is 0.219. The second kappa shape index (κ2) is 7.13. The van der Waals surface area contributed by atoms with Crippen LogP contribution in [0.15, 0.2) is 60.8 Å². The van der Waals surface area contributed by atoms with Crippen molar-refractivity contribution in [2.24, 2.45) is 0 Å². The lowest BCUT2D eigenvalue weighted by atomic mass is 10.1. The Kier molecular flexibility index (Phi) is 4.75. The molecule has 4 nitrogen and oxygen atoms in total. The van der Waals surface area contributed by atoms with Crippen LogP contribution in [-0.4, -0.2) is 16.1 Å². The maximum absolute atomic E-state index is 11.5. The van der Waals surface area contributed by atoms with Crippen molar-refractivity contribution in [3.8, 4) is 17.0 Å². The van der Waals surface area contributed by atoms with Gasteiger partial charge in [-0.2, -0.15) is 5.10 Å². The highest BCUT2D eigenvalue weighted by Gasteiger charge is 2.16. The Hall–Kier alpha value is -2.88. The topological polar surface area (TPSA) is 44.1 Å². The zero-order valence-corrected chi connectivity index (χ0v) is 13.8. The maximum Gasteiger partial charge on any atom is 0.153 e. The van der Waals surface area contributed by atoms with Gasteiger partial charge in [-0.25, -0.2) is 0 Å². The summed E-state index contributed by atoms with van der Waals surface area (Å²) in [7, 11) is 0. The van der Waals surface area contributed by atoms with E-state index < -0.39 is 0 Å². The number of carbonyl (C=O) groups is 1. The summed E-state index contributed by atoms with van der Waals surface area (Å²) in [6.45, 7) is 4.56. The number of aromatic nitrogens is 2. The lowest BCUT2D eigenvalue weighted by molar-refractivity contribution is 0.111. The number of ether oxygens (including phenoxy) is 1. The van der Waals surface area contributed by atoms with Crippen LogP contribution in [0.1, 0.15) is 35.8 Å². The van der Waals surface area contributed by atoms with Gasteiger partial charge < -0.3 is 4.74 Å². The van der Waals surface area contributed by atoms with E-state index in [-0.39, 0.29) is 6.04 Å². The standard InChI is InChI=1S/C20H20N2O2/c1-15(2)22-19(11-12-21-22)18-10-6-9-17(13-23)20(18)24-14-16-7-4-3-5-8-16/h3-13,15H,14H2,1-2H3. The molecular formula is C20H20N2O2. The highest BCUT2D eigenvalue weighted by atomic mass is 16.5. The number of hydrogen-bond acceptors (Lipinski definition) is 3. The number of carbonyl (C=O) groups excluding carboxylic acids is 1. The van der Waals surface area contributed by atoms with Crippen LogP contribution in [0.25, 0.3) is 11.3 Å². The van der Waals surface area contributed by atoms with E-state index in [9.17, 15) is 4.79 Å². The molecule has 2 aromatic carbocycles. The van der Waals surface area contributed by atoms with Gasteiger partial charge in [0, 0.05) is 17.8 Å². The molecule has 0 atom stereocenters. The summed E-state index contributed by atoms with van der Waals surface area (Å²) in [5.74, 6) is 0.596. The van der Waals surface area contributed by atoms with Crippen molar-refractivity contribution in [2.45, 2.75) is 26.5 Å². The summed E-state index contributed by atoms with van der Waals surface area (Å²) in [5, 5.41) is 4.38. The largest absolute Gasteiger partial charge is 0.487 e. The van der Waals surface area contributed by atoms with Crippen LogP contribution in [0.2, 0.25) is 0 Å². The minimum Gasteiger partial charge on any atom is -0.487 e. The Morgan fingerprint density at radius 3 is 2.58 bits per heavy atom. The van der Waals surface area contributed by atoms with Crippen LogP contribution in [0.4, 0.5) is 0 Å². The Bertz CT molecular complexity index is 823. The fourth-order valence-corrected chi connectivity index (χ4v) is 2.68. The van der Waals surface area contributed by atoms with Crippen LogP contribution >= 0.6 is 0 Å². The molecule has 0 N–H and O–H groups in total. The van der Waals surface area contributed by atoms with Crippen molar-refractivity contribution in [3.05, 3.63) is 71.9 Å². The van der Waals surface area contributed by atoms with E-state index in [0.717, 1.165) is 23.1 Å². The van der Waals surface area contributed by atoms with E-state index in [2.05, 4.69) is 18.9 Å². The SMILES string of the molecule is CC(C)n1nccc1-c1cccc(C=O)c1OCc1ccccc1. The molecule has 3 rings (SSSR count). The molecule has 1 aromatic heterocycles. The molecule has 4 heteroatoms. The number of hydrogen-bond donors (Lipinski definition) is 0. The first-order valence-electron chi connectivity index (χ1n) is 7.99. The summed E-state index contributed by atoms with van der Waals surface area (Å²) < 4.78 is 7.96. The number of nitrogens with zero attached hydrogens (tertiary/aromatic N) is 2. The molecule has 0 aliphatic heterocycles. The lowest BCUT2D eigenvalue weighted by Crippen LogP contribution is -2.06. The Balaban J connectivity index is 2.00.